The number of amides is 1. The van der Waals surface area contributed by atoms with Crippen LogP contribution in [-0.2, 0) is 0 Å². The van der Waals surface area contributed by atoms with Crippen molar-refractivity contribution >= 4 is 34.5 Å². The Labute approximate surface area is 150 Å². The summed E-state index contributed by atoms with van der Waals surface area (Å²) in [5, 5.41) is 3.86. The molecule has 2 aromatic heterocycles. The van der Waals surface area contributed by atoms with Crippen LogP contribution < -0.4 is 15.8 Å². The molecule has 25 heavy (non-hydrogen) atoms. The molecule has 0 unspecified atom stereocenters. The third-order valence-corrected chi connectivity index (χ3v) is 4.37. The zero-order chi connectivity index (χ0) is 17.6. The van der Waals surface area contributed by atoms with E-state index in [4.69, 9.17) is 10.5 Å². The summed E-state index contributed by atoms with van der Waals surface area (Å²) >= 11 is 1.77. The molecular weight excluding hydrogens is 336 g/mol. The number of ether oxygens (including phenoxy) is 1. The Hall–Kier alpha value is -2.67. The van der Waals surface area contributed by atoms with Crippen molar-refractivity contribution in [2.24, 2.45) is 0 Å². The van der Waals surface area contributed by atoms with E-state index in [1.54, 1.807) is 40.9 Å². The molecular formula is C18H20N4O2S. The number of nitrogens with two attached hydrogens (primary N) is 1. The summed E-state index contributed by atoms with van der Waals surface area (Å²) in [5.74, 6) is 2.74. The highest BCUT2D eigenvalue weighted by Gasteiger charge is 2.09. The van der Waals surface area contributed by atoms with Gasteiger partial charge in [0.2, 0.25) is 0 Å². The van der Waals surface area contributed by atoms with Gasteiger partial charge in [0.25, 0.3) is 0 Å². The molecule has 130 valence electrons. The van der Waals surface area contributed by atoms with Crippen molar-refractivity contribution in [2.45, 2.75) is 6.42 Å². The monoisotopic (exact) mass is 356 g/mol. The van der Waals surface area contributed by atoms with Gasteiger partial charge < -0.3 is 15.8 Å². The molecule has 0 saturated carbocycles. The van der Waals surface area contributed by atoms with Crippen molar-refractivity contribution in [1.82, 2.24) is 14.9 Å². The summed E-state index contributed by atoms with van der Waals surface area (Å²) in [6, 6.07) is 10.8. The molecule has 0 saturated heterocycles. The van der Waals surface area contributed by atoms with Gasteiger partial charge in [0.1, 0.15) is 17.3 Å². The lowest BCUT2D eigenvalue weighted by atomic mass is 10.2. The largest absolute Gasteiger partial charge is 0.457 e. The molecule has 0 aliphatic heterocycles. The SMILES string of the molecule is CSCCCNC(=O)n1ccc2cc(Oc3ccnc(N)c3)ccc21. The number of anilines is 1. The molecule has 0 bridgehead atoms. The number of hydrogen-bond donors (Lipinski definition) is 2. The molecule has 0 atom stereocenters. The number of nitrogens with zero attached hydrogens (tertiary/aromatic N) is 2. The zero-order valence-electron chi connectivity index (χ0n) is 13.9. The van der Waals surface area contributed by atoms with E-state index in [2.05, 4.69) is 16.6 Å². The van der Waals surface area contributed by atoms with Gasteiger partial charge in [0.05, 0.1) is 5.52 Å². The molecule has 3 N–H and O–H groups in total. The standard InChI is InChI=1S/C18H20N4O2S/c1-25-10-2-7-21-18(23)22-9-6-13-11-14(3-4-16(13)22)24-15-5-8-20-17(19)12-15/h3-6,8-9,11-12H,2,7,10H2,1H3,(H2,19,20)(H,21,23). The molecule has 1 aromatic carbocycles. The minimum Gasteiger partial charge on any atom is -0.457 e. The van der Waals surface area contributed by atoms with Crippen LogP contribution in [-0.4, -0.2) is 34.1 Å². The fourth-order valence-electron chi connectivity index (χ4n) is 2.49. The van der Waals surface area contributed by atoms with Gasteiger partial charge in [-0.1, -0.05) is 0 Å². The Morgan fingerprint density at radius 2 is 2.12 bits per heavy atom. The average Bonchev–Trinajstić information content (AvgIpc) is 3.02. The molecule has 0 radical (unpaired) electrons. The summed E-state index contributed by atoms with van der Waals surface area (Å²) in [4.78, 5) is 16.2. The second-order valence-corrected chi connectivity index (χ2v) is 6.49. The van der Waals surface area contributed by atoms with E-state index in [9.17, 15) is 4.79 Å². The third-order valence-electron chi connectivity index (χ3n) is 3.67. The Kier molecular flexibility index (Phi) is 5.45. The fraction of sp³-hybridized carbons (Fsp3) is 0.222. The second-order valence-electron chi connectivity index (χ2n) is 5.50. The van der Waals surface area contributed by atoms with E-state index in [1.807, 2.05) is 24.3 Å². The number of pyridine rings is 1. The third kappa shape index (κ3) is 4.24. The normalized spacial score (nSPS) is 10.8. The van der Waals surface area contributed by atoms with Gasteiger partial charge in [0.15, 0.2) is 0 Å². The fourth-order valence-corrected chi connectivity index (χ4v) is 2.92. The maximum Gasteiger partial charge on any atom is 0.326 e. The van der Waals surface area contributed by atoms with Crippen molar-refractivity contribution in [3.05, 3.63) is 48.8 Å². The Morgan fingerprint density at radius 1 is 1.28 bits per heavy atom. The van der Waals surface area contributed by atoms with Crippen molar-refractivity contribution in [3.8, 4) is 11.5 Å². The maximum atomic E-state index is 12.3. The molecule has 0 aliphatic rings. The van der Waals surface area contributed by atoms with Crippen molar-refractivity contribution in [3.63, 3.8) is 0 Å². The number of carbonyl (C=O) groups excluding carboxylic acids is 1. The van der Waals surface area contributed by atoms with Gasteiger partial charge in [-0.25, -0.2) is 9.78 Å². The molecule has 3 aromatic rings. The first-order chi connectivity index (χ1) is 12.2. The van der Waals surface area contributed by atoms with E-state index < -0.39 is 0 Å². The Morgan fingerprint density at radius 3 is 2.92 bits per heavy atom. The number of rotatable bonds is 6. The number of carbonyl (C=O) groups is 1. The van der Waals surface area contributed by atoms with Crippen LogP contribution in [0.3, 0.4) is 0 Å². The van der Waals surface area contributed by atoms with E-state index in [1.165, 1.54) is 0 Å². The molecule has 3 rings (SSSR count). The molecule has 0 aliphatic carbocycles. The molecule has 7 heteroatoms. The highest BCUT2D eigenvalue weighted by molar-refractivity contribution is 7.98. The van der Waals surface area contributed by atoms with Gasteiger partial charge in [-0.3, -0.25) is 4.57 Å². The number of aromatic nitrogens is 2. The lowest BCUT2D eigenvalue weighted by molar-refractivity contribution is 0.243. The Balaban J connectivity index is 1.73. The summed E-state index contributed by atoms with van der Waals surface area (Å²) < 4.78 is 7.41. The number of nitrogens with one attached hydrogen (secondary N) is 1. The second kappa shape index (κ2) is 7.94. The van der Waals surface area contributed by atoms with Crippen LogP contribution in [0.1, 0.15) is 6.42 Å². The molecule has 6 nitrogen and oxygen atoms in total. The number of benzene rings is 1. The minimum atomic E-state index is -0.119. The van der Waals surface area contributed by atoms with E-state index in [0.29, 0.717) is 23.9 Å². The highest BCUT2D eigenvalue weighted by atomic mass is 32.2. The smallest absolute Gasteiger partial charge is 0.326 e. The number of hydrogen-bond acceptors (Lipinski definition) is 5. The van der Waals surface area contributed by atoms with Crippen LogP contribution in [0.15, 0.2) is 48.8 Å². The predicted octanol–water partition coefficient (Wildman–Crippen LogP) is 3.72. The average molecular weight is 356 g/mol. The topological polar surface area (TPSA) is 82.2 Å². The lowest BCUT2D eigenvalue weighted by Crippen LogP contribution is -2.29. The van der Waals surface area contributed by atoms with Crippen molar-refractivity contribution in [2.75, 3.05) is 24.3 Å². The van der Waals surface area contributed by atoms with Gasteiger partial charge >= 0.3 is 6.03 Å². The van der Waals surface area contributed by atoms with Gasteiger partial charge in [-0.15, -0.1) is 0 Å². The first-order valence-electron chi connectivity index (χ1n) is 7.95. The van der Waals surface area contributed by atoms with Crippen LogP contribution in [0.4, 0.5) is 10.6 Å². The summed E-state index contributed by atoms with van der Waals surface area (Å²) in [6.45, 7) is 0.671. The van der Waals surface area contributed by atoms with E-state index in [-0.39, 0.29) is 6.03 Å². The molecule has 1 amide bonds. The van der Waals surface area contributed by atoms with Gasteiger partial charge in [-0.05, 0) is 48.8 Å². The molecule has 2 heterocycles. The van der Waals surface area contributed by atoms with Crippen LogP contribution in [0.2, 0.25) is 0 Å². The predicted molar refractivity (Wildman–Crippen MR) is 102 cm³/mol. The molecule has 0 spiro atoms. The van der Waals surface area contributed by atoms with Gasteiger partial charge in [-0.2, -0.15) is 11.8 Å². The minimum absolute atomic E-state index is 0.119. The van der Waals surface area contributed by atoms with Crippen LogP contribution in [0.25, 0.3) is 10.9 Å². The van der Waals surface area contributed by atoms with Crippen LogP contribution in [0.5, 0.6) is 11.5 Å². The lowest BCUT2D eigenvalue weighted by Gasteiger charge is -2.08. The van der Waals surface area contributed by atoms with Crippen LogP contribution in [0, 0.1) is 0 Å². The first kappa shape index (κ1) is 17.2. The van der Waals surface area contributed by atoms with Gasteiger partial charge in [0, 0.05) is 30.4 Å². The maximum absolute atomic E-state index is 12.3. The van der Waals surface area contributed by atoms with Crippen molar-refractivity contribution < 1.29 is 9.53 Å². The van der Waals surface area contributed by atoms with E-state index >= 15 is 0 Å². The number of fused-ring (bicyclic) bond motifs is 1. The van der Waals surface area contributed by atoms with Crippen LogP contribution >= 0.6 is 11.8 Å². The highest BCUT2D eigenvalue weighted by Crippen LogP contribution is 2.26. The quantitative estimate of drug-likeness (QED) is 0.658. The number of thioether (sulfide) groups is 1. The summed E-state index contributed by atoms with van der Waals surface area (Å²) in [7, 11) is 0. The Bertz CT molecular complexity index is 878. The zero-order valence-corrected chi connectivity index (χ0v) is 14.8. The summed E-state index contributed by atoms with van der Waals surface area (Å²) in [5.41, 5.74) is 6.50. The molecule has 0 fully saturated rings. The number of nitrogen functional groups attached to an aromatic ring is 1. The first-order valence-corrected chi connectivity index (χ1v) is 9.34. The van der Waals surface area contributed by atoms with E-state index in [0.717, 1.165) is 23.1 Å². The van der Waals surface area contributed by atoms with Crippen molar-refractivity contribution in [1.29, 1.82) is 0 Å². The summed E-state index contributed by atoms with van der Waals surface area (Å²) in [6.07, 6.45) is 6.38.